The molecular formula is C21H24O8. The van der Waals surface area contributed by atoms with Crippen molar-refractivity contribution in [2.75, 3.05) is 42.0 Å². The molecule has 1 aliphatic heterocycles. The Labute approximate surface area is 169 Å². The molecule has 2 aromatic carbocycles. The molecule has 8 nitrogen and oxygen atoms in total. The van der Waals surface area contributed by atoms with Gasteiger partial charge < -0.3 is 33.2 Å². The second-order valence-corrected chi connectivity index (χ2v) is 6.23. The molecule has 3 rings (SSSR count). The van der Waals surface area contributed by atoms with Gasteiger partial charge in [-0.25, -0.2) is 0 Å². The van der Waals surface area contributed by atoms with Crippen molar-refractivity contribution in [2.24, 2.45) is 0 Å². The van der Waals surface area contributed by atoms with Crippen molar-refractivity contribution in [3.05, 3.63) is 47.5 Å². The van der Waals surface area contributed by atoms with Crippen LogP contribution >= 0.6 is 0 Å². The number of carbonyl (C=O) groups is 1. The lowest BCUT2D eigenvalue weighted by Gasteiger charge is -2.32. The number of hydrogen-bond donors (Lipinski definition) is 0. The predicted molar refractivity (Wildman–Crippen MR) is 103 cm³/mol. The first-order chi connectivity index (χ1) is 14.1. The number of hydrogen-bond acceptors (Lipinski definition) is 8. The molecule has 8 heteroatoms. The zero-order valence-corrected chi connectivity index (χ0v) is 16.8. The highest BCUT2D eigenvalue weighted by molar-refractivity contribution is 6.03. The fourth-order valence-corrected chi connectivity index (χ4v) is 3.09. The van der Waals surface area contributed by atoms with Crippen molar-refractivity contribution in [2.45, 2.75) is 12.2 Å². The van der Waals surface area contributed by atoms with Crippen molar-refractivity contribution in [3.8, 4) is 23.0 Å². The summed E-state index contributed by atoms with van der Waals surface area (Å²) >= 11 is 0. The van der Waals surface area contributed by atoms with Crippen LogP contribution in [-0.4, -0.2) is 53.9 Å². The average molecular weight is 404 g/mol. The number of rotatable bonds is 9. The molecule has 0 bridgehead atoms. The summed E-state index contributed by atoms with van der Waals surface area (Å²) in [5, 5.41) is 0. The fraction of sp³-hybridized carbons (Fsp3) is 0.381. The van der Waals surface area contributed by atoms with Gasteiger partial charge in [-0.2, -0.15) is 0 Å². The highest BCUT2D eigenvalue weighted by atomic mass is 16.7. The van der Waals surface area contributed by atoms with Crippen LogP contribution in [0.4, 0.5) is 0 Å². The summed E-state index contributed by atoms with van der Waals surface area (Å²) in [7, 11) is 6.09. The number of fused-ring (bicyclic) bond motifs is 1. The summed E-state index contributed by atoms with van der Waals surface area (Å²) in [5.41, 5.74) is 1.13. The van der Waals surface area contributed by atoms with Gasteiger partial charge >= 0.3 is 0 Å². The van der Waals surface area contributed by atoms with Gasteiger partial charge in [-0.1, -0.05) is 6.07 Å². The maximum absolute atomic E-state index is 13.0. The Morgan fingerprint density at radius 2 is 1.66 bits per heavy atom. The van der Waals surface area contributed by atoms with E-state index in [2.05, 4.69) is 0 Å². The lowest BCUT2D eigenvalue weighted by molar-refractivity contribution is -0.00125. The van der Waals surface area contributed by atoms with Crippen LogP contribution in [0.3, 0.4) is 0 Å². The molecule has 0 radical (unpaired) electrons. The minimum Gasteiger partial charge on any atom is -0.493 e. The largest absolute Gasteiger partial charge is 0.493 e. The monoisotopic (exact) mass is 404 g/mol. The molecule has 2 atom stereocenters. The standard InChI is InChI=1S/C21H24O8/c1-23-11-27-14-6-7-15-17(10-14)29-20(21(26-4)19(15)22)13-5-8-16(25-3)18(9-13)28-12-24-2/h5-10,20-21H,11-12H2,1-4H3/t20-,21+/m0/s1. The molecule has 0 aromatic heterocycles. The number of ketones is 1. The van der Waals surface area contributed by atoms with Gasteiger partial charge in [-0.15, -0.1) is 0 Å². The summed E-state index contributed by atoms with van der Waals surface area (Å²) in [4.78, 5) is 13.0. The Morgan fingerprint density at radius 1 is 0.897 bits per heavy atom. The summed E-state index contributed by atoms with van der Waals surface area (Å²) in [6.45, 7) is 0.149. The Balaban J connectivity index is 1.96. The molecule has 156 valence electrons. The summed E-state index contributed by atoms with van der Waals surface area (Å²) in [6, 6.07) is 10.3. The zero-order chi connectivity index (χ0) is 20.8. The molecule has 0 saturated heterocycles. The van der Waals surface area contributed by atoms with Gasteiger partial charge in [0.05, 0.1) is 12.7 Å². The third kappa shape index (κ3) is 4.45. The molecule has 0 spiro atoms. The van der Waals surface area contributed by atoms with E-state index in [9.17, 15) is 4.79 Å². The third-order valence-electron chi connectivity index (χ3n) is 4.45. The molecule has 0 aliphatic carbocycles. The van der Waals surface area contributed by atoms with Crippen LogP contribution in [0, 0.1) is 0 Å². The number of methoxy groups -OCH3 is 4. The highest BCUT2D eigenvalue weighted by Gasteiger charge is 2.39. The van der Waals surface area contributed by atoms with Gasteiger partial charge in [0.15, 0.2) is 43.1 Å². The molecule has 0 N–H and O–H groups in total. The lowest BCUT2D eigenvalue weighted by atomic mass is 9.93. The van der Waals surface area contributed by atoms with E-state index in [4.69, 9.17) is 33.2 Å². The molecule has 0 amide bonds. The van der Waals surface area contributed by atoms with Crippen LogP contribution in [0.25, 0.3) is 0 Å². The topological polar surface area (TPSA) is 81.7 Å². The van der Waals surface area contributed by atoms with Gasteiger partial charge in [-0.3, -0.25) is 4.79 Å². The number of carbonyl (C=O) groups excluding carboxylic acids is 1. The smallest absolute Gasteiger partial charge is 0.199 e. The summed E-state index contributed by atoms with van der Waals surface area (Å²) in [6.07, 6.45) is -1.48. The van der Waals surface area contributed by atoms with Crippen LogP contribution in [0.5, 0.6) is 23.0 Å². The van der Waals surface area contributed by atoms with E-state index in [0.29, 0.717) is 34.1 Å². The Morgan fingerprint density at radius 3 is 2.34 bits per heavy atom. The van der Waals surface area contributed by atoms with Crippen molar-refractivity contribution in [1.82, 2.24) is 0 Å². The van der Waals surface area contributed by atoms with E-state index in [1.807, 2.05) is 0 Å². The van der Waals surface area contributed by atoms with E-state index in [-0.39, 0.29) is 19.4 Å². The normalized spacial score (nSPS) is 18.0. The molecule has 0 saturated carbocycles. The van der Waals surface area contributed by atoms with Crippen LogP contribution in [0.1, 0.15) is 22.0 Å². The zero-order valence-electron chi connectivity index (χ0n) is 16.8. The predicted octanol–water partition coefficient (Wildman–Crippen LogP) is 2.99. The van der Waals surface area contributed by atoms with E-state index >= 15 is 0 Å². The van der Waals surface area contributed by atoms with Crippen molar-refractivity contribution in [3.63, 3.8) is 0 Å². The van der Waals surface area contributed by atoms with E-state index in [0.717, 1.165) is 0 Å². The average Bonchev–Trinajstić information content (AvgIpc) is 2.75. The first-order valence-electron chi connectivity index (χ1n) is 8.92. The highest BCUT2D eigenvalue weighted by Crippen LogP contribution is 2.40. The first kappa shape index (κ1) is 20.9. The van der Waals surface area contributed by atoms with E-state index < -0.39 is 12.2 Å². The molecule has 0 fully saturated rings. The van der Waals surface area contributed by atoms with Gasteiger partial charge in [0.1, 0.15) is 11.5 Å². The van der Waals surface area contributed by atoms with Crippen molar-refractivity contribution in [1.29, 1.82) is 0 Å². The summed E-state index contributed by atoms with van der Waals surface area (Å²) in [5.74, 6) is 1.79. The maximum atomic E-state index is 13.0. The Hall–Kier alpha value is -2.81. The molecule has 2 aromatic rings. The van der Waals surface area contributed by atoms with Crippen molar-refractivity contribution < 1.29 is 38.0 Å². The van der Waals surface area contributed by atoms with Gasteiger partial charge in [0, 0.05) is 27.4 Å². The molecule has 1 aliphatic rings. The second-order valence-electron chi connectivity index (χ2n) is 6.23. The van der Waals surface area contributed by atoms with Crippen molar-refractivity contribution >= 4 is 5.78 Å². The maximum Gasteiger partial charge on any atom is 0.199 e. The first-order valence-corrected chi connectivity index (χ1v) is 8.92. The molecular weight excluding hydrogens is 380 g/mol. The number of ether oxygens (including phenoxy) is 7. The number of Topliss-reactive ketones (excluding diaryl/α,β-unsaturated/α-hetero) is 1. The minimum atomic E-state index is -0.808. The molecule has 29 heavy (non-hydrogen) atoms. The van der Waals surface area contributed by atoms with Crippen LogP contribution in [-0.2, 0) is 14.2 Å². The van der Waals surface area contributed by atoms with Gasteiger partial charge in [-0.05, 0) is 29.8 Å². The Bertz CT molecular complexity index is 851. The second kappa shape index (κ2) is 9.60. The minimum absolute atomic E-state index is 0.0566. The molecule has 1 heterocycles. The SMILES string of the molecule is COCOc1ccc2c(c1)O[C@@H](c1ccc(OC)c(OCOC)c1)[C@H](OC)C2=O. The molecule has 0 unspecified atom stereocenters. The van der Waals surface area contributed by atoms with Crippen LogP contribution < -0.4 is 18.9 Å². The third-order valence-corrected chi connectivity index (χ3v) is 4.45. The number of benzene rings is 2. The summed E-state index contributed by atoms with van der Waals surface area (Å²) < 4.78 is 37.9. The van der Waals surface area contributed by atoms with E-state index in [1.165, 1.54) is 21.3 Å². The van der Waals surface area contributed by atoms with Crippen LogP contribution in [0.2, 0.25) is 0 Å². The Kier molecular flexibility index (Phi) is 6.92. The van der Waals surface area contributed by atoms with E-state index in [1.54, 1.807) is 43.5 Å². The lowest BCUT2D eigenvalue weighted by Crippen LogP contribution is -2.37. The quantitative estimate of drug-likeness (QED) is 0.590. The van der Waals surface area contributed by atoms with Crippen LogP contribution in [0.15, 0.2) is 36.4 Å². The fourth-order valence-electron chi connectivity index (χ4n) is 3.09. The van der Waals surface area contributed by atoms with Gasteiger partial charge in [0.25, 0.3) is 0 Å². The van der Waals surface area contributed by atoms with Gasteiger partial charge in [0.2, 0.25) is 0 Å².